The van der Waals surface area contributed by atoms with Crippen molar-refractivity contribution in [2.45, 2.75) is 400 Å². The van der Waals surface area contributed by atoms with Crippen LogP contribution in [-0.2, 0) is 65.4 Å². The van der Waals surface area contributed by atoms with Crippen LogP contribution in [0.2, 0.25) is 0 Å². The van der Waals surface area contributed by atoms with Crippen molar-refractivity contribution < 1.29 is 80.2 Å². The summed E-state index contributed by atoms with van der Waals surface area (Å²) >= 11 is 0. The van der Waals surface area contributed by atoms with Gasteiger partial charge in [-0.2, -0.15) is 0 Å². The molecule has 0 radical (unpaired) electrons. The molecule has 17 nitrogen and oxygen atoms in total. The molecule has 546 valence electrons. The molecule has 92 heavy (non-hydrogen) atoms. The Kier molecular flexibility index (Phi) is 64.9. The predicted molar refractivity (Wildman–Crippen MR) is 372 cm³/mol. The first-order chi connectivity index (χ1) is 44.5. The fourth-order valence-corrected chi connectivity index (χ4v) is 12.8. The van der Waals surface area contributed by atoms with Crippen LogP contribution < -0.4 is 0 Å². The zero-order chi connectivity index (χ0) is 67.7. The average molecular weight is 1350 g/mol. The average Bonchev–Trinajstić information content (AvgIpc) is 1.61. The summed E-state index contributed by atoms with van der Waals surface area (Å²) in [6.07, 6.45) is 54.4. The van der Waals surface area contributed by atoms with Gasteiger partial charge in [0.2, 0.25) is 0 Å². The van der Waals surface area contributed by atoms with Crippen LogP contribution in [0.5, 0.6) is 0 Å². The Bertz CT molecular complexity index is 1770. The largest absolute Gasteiger partial charge is 0.472 e. The summed E-state index contributed by atoms with van der Waals surface area (Å²) in [4.78, 5) is 72.5. The van der Waals surface area contributed by atoms with Gasteiger partial charge >= 0.3 is 39.5 Å². The minimum Gasteiger partial charge on any atom is -0.462 e. The van der Waals surface area contributed by atoms with E-state index in [4.69, 9.17) is 37.0 Å². The maximum absolute atomic E-state index is 13.0. The molecule has 0 heterocycles. The molecule has 0 saturated heterocycles. The van der Waals surface area contributed by atoms with Crippen LogP contribution in [0, 0.1) is 5.92 Å². The van der Waals surface area contributed by atoms with Gasteiger partial charge in [0.05, 0.1) is 26.4 Å². The van der Waals surface area contributed by atoms with Gasteiger partial charge < -0.3 is 33.8 Å². The predicted octanol–water partition coefficient (Wildman–Crippen LogP) is 21.3. The molecular formula is C73H142O17P2. The van der Waals surface area contributed by atoms with Gasteiger partial charge in [0.25, 0.3) is 0 Å². The monoisotopic (exact) mass is 1350 g/mol. The normalized spacial score (nSPS) is 14.0. The van der Waals surface area contributed by atoms with Gasteiger partial charge in [0.15, 0.2) is 12.2 Å². The third kappa shape index (κ3) is 66.7. The molecule has 0 aromatic heterocycles. The van der Waals surface area contributed by atoms with Crippen molar-refractivity contribution in [1.82, 2.24) is 0 Å². The molecule has 0 aromatic rings. The van der Waals surface area contributed by atoms with Crippen LogP contribution in [0.15, 0.2) is 0 Å². The van der Waals surface area contributed by atoms with Crippen LogP contribution >= 0.6 is 15.6 Å². The van der Waals surface area contributed by atoms with Gasteiger partial charge in [-0.3, -0.25) is 37.3 Å². The lowest BCUT2D eigenvalue weighted by Gasteiger charge is -2.21. The van der Waals surface area contributed by atoms with E-state index in [-0.39, 0.29) is 25.7 Å². The highest BCUT2D eigenvalue weighted by molar-refractivity contribution is 7.47. The molecule has 2 unspecified atom stereocenters. The van der Waals surface area contributed by atoms with Gasteiger partial charge in [-0.05, 0) is 31.6 Å². The van der Waals surface area contributed by atoms with E-state index in [2.05, 4.69) is 34.6 Å². The Morgan fingerprint density at radius 2 is 0.500 bits per heavy atom. The van der Waals surface area contributed by atoms with E-state index in [0.29, 0.717) is 31.6 Å². The van der Waals surface area contributed by atoms with Gasteiger partial charge in [-0.1, -0.05) is 330 Å². The third-order valence-corrected chi connectivity index (χ3v) is 18.9. The number of unbranched alkanes of at least 4 members (excludes halogenated alkanes) is 45. The molecule has 0 aromatic carbocycles. The summed E-state index contributed by atoms with van der Waals surface area (Å²) in [6.45, 7) is 7.19. The van der Waals surface area contributed by atoms with E-state index in [0.717, 1.165) is 96.3 Å². The SMILES string of the molecule is CCCCCCCCCCCCCCCCCCCCCCCCC(=O)O[C@H](COC(=O)CCCCCCCCCC(C)C)COP(=O)(O)OC[C@@H](O)COP(=O)(O)OC[C@@H](COC(=O)CCCCCCCCCCCC)OC(=O)CCCCCCCCCCCC. The second kappa shape index (κ2) is 66.3. The van der Waals surface area contributed by atoms with Crippen molar-refractivity contribution in [2.75, 3.05) is 39.6 Å². The fourth-order valence-electron chi connectivity index (χ4n) is 11.2. The maximum Gasteiger partial charge on any atom is 0.472 e. The topological polar surface area (TPSA) is 237 Å². The van der Waals surface area contributed by atoms with Crippen molar-refractivity contribution >= 4 is 39.5 Å². The number of hydrogen-bond acceptors (Lipinski definition) is 15. The number of rotatable bonds is 73. The number of esters is 4. The Labute approximate surface area is 562 Å². The molecule has 0 bridgehead atoms. The van der Waals surface area contributed by atoms with Crippen LogP contribution in [-0.4, -0.2) is 96.7 Å². The van der Waals surface area contributed by atoms with E-state index < -0.39 is 97.5 Å². The molecule has 19 heteroatoms. The minimum atomic E-state index is -4.95. The van der Waals surface area contributed by atoms with E-state index in [1.165, 1.54) is 199 Å². The Morgan fingerprint density at radius 1 is 0.293 bits per heavy atom. The molecular weight excluding hydrogens is 1210 g/mol. The molecule has 0 aliphatic carbocycles. The number of aliphatic hydroxyl groups excluding tert-OH is 1. The van der Waals surface area contributed by atoms with Crippen LogP contribution in [0.25, 0.3) is 0 Å². The first-order valence-electron chi connectivity index (χ1n) is 38.1. The molecule has 0 saturated carbocycles. The molecule has 0 aliphatic heterocycles. The number of phosphoric ester groups is 2. The quantitative estimate of drug-likeness (QED) is 0.0222. The lowest BCUT2D eigenvalue weighted by atomic mass is 10.0. The number of hydrogen-bond donors (Lipinski definition) is 3. The van der Waals surface area contributed by atoms with Gasteiger partial charge in [-0.25, -0.2) is 9.13 Å². The number of carbonyl (C=O) groups is 4. The Hall–Kier alpha value is -1.94. The van der Waals surface area contributed by atoms with Crippen molar-refractivity contribution in [3.8, 4) is 0 Å². The van der Waals surface area contributed by atoms with E-state index >= 15 is 0 Å². The second-order valence-electron chi connectivity index (χ2n) is 26.8. The van der Waals surface area contributed by atoms with Crippen molar-refractivity contribution in [3.63, 3.8) is 0 Å². The van der Waals surface area contributed by atoms with Gasteiger partial charge in [0.1, 0.15) is 19.3 Å². The second-order valence-corrected chi connectivity index (χ2v) is 29.7. The molecule has 5 atom stereocenters. The minimum absolute atomic E-state index is 0.107. The zero-order valence-corrected chi connectivity index (χ0v) is 61.5. The summed E-state index contributed by atoms with van der Waals surface area (Å²) in [5.74, 6) is -1.42. The number of ether oxygens (including phenoxy) is 4. The number of phosphoric acid groups is 2. The molecule has 0 fully saturated rings. The molecule has 0 amide bonds. The summed E-state index contributed by atoms with van der Waals surface area (Å²) in [7, 11) is -9.90. The molecule has 0 aliphatic rings. The first-order valence-corrected chi connectivity index (χ1v) is 41.1. The number of carbonyl (C=O) groups excluding carboxylic acids is 4. The Morgan fingerprint density at radius 3 is 0.739 bits per heavy atom. The standard InChI is InChI=1S/C73H142O17P2/c1-6-9-12-15-18-21-24-25-26-27-28-29-30-31-32-33-34-35-38-43-49-54-59-73(78)90-69(63-84-71(76)57-52-47-44-39-40-45-50-55-66(4)5)65-88-92(81,82)86-61-67(74)60-85-91(79,80)87-64-68(89-72(77)58-53-48-42-37-23-20-17-14-11-8-3)62-83-70(75)56-51-46-41-36-22-19-16-13-10-7-2/h66-69,74H,6-65H2,1-5H3,(H,79,80)(H,81,82)/t67-,68+,69+/m0/s1. The van der Waals surface area contributed by atoms with Crippen molar-refractivity contribution in [2.24, 2.45) is 5.92 Å². The first kappa shape index (κ1) is 90.1. The fraction of sp³-hybridized carbons (Fsp3) is 0.945. The summed E-state index contributed by atoms with van der Waals surface area (Å²) in [5, 5.41) is 10.6. The highest BCUT2D eigenvalue weighted by Crippen LogP contribution is 2.45. The lowest BCUT2D eigenvalue weighted by molar-refractivity contribution is -0.161. The molecule has 0 rings (SSSR count). The van der Waals surface area contributed by atoms with E-state index in [1.807, 2.05) is 0 Å². The molecule has 0 spiro atoms. The van der Waals surface area contributed by atoms with Gasteiger partial charge in [-0.15, -0.1) is 0 Å². The highest BCUT2D eigenvalue weighted by Gasteiger charge is 2.30. The van der Waals surface area contributed by atoms with Crippen molar-refractivity contribution in [1.29, 1.82) is 0 Å². The van der Waals surface area contributed by atoms with Crippen LogP contribution in [0.4, 0.5) is 0 Å². The summed E-state index contributed by atoms with van der Waals surface area (Å²) in [5.41, 5.74) is 0. The smallest absolute Gasteiger partial charge is 0.462 e. The van der Waals surface area contributed by atoms with Gasteiger partial charge in [0, 0.05) is 25.7 Å². The summed E-state index contributed by atoms with van der Waals surface area (Å²) < 4.78 is 68.3. The molecule has 3 N–H and O–H groups in total. The zero-order valence-electron chi connectivity index (χ0n) is 59.7. The highest BCUT2D eigenvalue weighted by atomic mass is 31.2. The lowest BCUT2D eigenvalue weighted by Crippen LogP contribution is -2.30. The van der Waals surface area contributed by atoms with Crippen molar-refractivity contribution in [3.05, 3.63) is 0 Å². The summed E-state index contributed by atoms with van der Waals surface area (Å²) in [6, 6.07) is 0. The third-order valence-electron chi connectivity index (χ3n) is 17.0. The van der Waals surface area contributed by atoms with Crippen LogP contribution in [0.3, 0.4) is 0 Å². The maximum atomic E-state index is 13.0. The Balaban J connectivity index is 5.12. The van der Waals surface area contributed by atoms with E-state index in [1.54, 1.807) is 0 Å². The van der Waals surface area contributed by atoms with Crippen LogP contribution in [0.1, 0.15) is 381 Å². The number of aliphatic hydroxyl groups is 1. The van der Waals surface area contributed by atoms with E-state index in [9.17, 15) is 43.2 Å².